The molecule has 0 fully saturated rings. The van der Waals surface area contributed by atoms with Gasteiger partial charge in [0.1, 0.15) is 5.75 Å². The lowest BCUT2D eigenvalue weighted by Gasteiger charge is -2.09. The predicted molar refractivity (Wildman–Crippen MR) is 115 cm³/mol. The Morgan fingerprint density at radius 2 is 1.97 bits per heavy atom. The first kappa shape index (κ1) is 21.4. The van der Waals surface area contributed by atoms with Crippen LogP contribution in [0.2, 0.25) is 0 Å². The Morgan fingerprint density at radius 1 is 1.17 bits per heavy atom. The minimum absolute atomic E-state index is 0.115. The molecule has 1 aromatic heterocycles. The van der Waals surface area contributed by atoms with E-state index in [2.05, 4.69) is 20.5 Å². The number of ether oxygens (including phenoxy) is 2. The lowest BCUT2D eigenvalue weighted by Crippen LogP contribution is -2.15. The molecule has 0 bridgehead atoms. The molecule has 0 aliphatic carbocycles. The first-order chi connectivity index (χ1) is 14.5. The summed E-state index contributed by atoms with van der Waals surface area (Å²) < 4.78 is 10.5. The van der Waals surface area contributed by atoms with E-state index in [9.17, 15) is 9.59 Å². The number of hydrogen-bond donors (Lipinski definition) is 2. The summed E-state index contributed by atoms with van der Waals surface area (Å²) in [6, 6.07) is 14.1. The number of para-hydroxylation sites is 1. The summed E-state index contributed by atoms with van der Waals surface area (Å²) in [6.07, 6.45) is -0.214. The van der Waals surface area contributed by atoms with Gasteiger partial charge in [0.2, 0.25) is 11.1 Å². The van der Waals surface area contributed by atoms with Gasteiger partial charge in [-0.1, -0.05) is 30.0 Å². The van der Waals surface area contributed by atoms with E-state index in [1.807, 2.05) is 24.3 Å². The van der Waals surface area contributed by atoms with Crippen molar-refractivity contribution in [3.8, 4) is 17.1 Å². The van der Waals surface area contributed by atoms with Gasteiger partial charge in [-0.2, -0.15) is 0 Å². The quantitative estimate of drug-likeness (QED) is 0.417. The summed E-state index contributed by atoms with van der Waals surface area (Å²) >= 11 is 1.20. The Bertz CT molecular complexity index is 1040. The molecule has 0 saturated carbocycles. The number of rotatable bonds is 8. The number of thioether (sulfide) groups is 1. The van der Waals surface area contributed by atoms with Gasteiger partial charge in [-0.25, -0.2) is 9.78 Å². The van der Waals surface area contributed by atoms with Crippen molar-refractivity contribution in [2.45, 2.75) is 25.1 Å². The summed E-state index contributed by atoms with van der Waals surface area (Å²) in [6.45, 7) is 3.56. The second kappa shape index (κ2) is 9.93. The highest BCUT2D eigenvalue weighted by molar-refractivity contribution is 7.99. The van der Waals surface area contributed by atoms with Crippen molar-refractivity contribution in [2.24, 2.45) is 0 Å². The van der Waals surface area contributed by atoms with E-state index in [1.54, 1.807) is 45.2 Å². The van der Waals surface area contributed by atoms with Gasteiger partial charge in [0.15, 0.2) is 5.82 Å². The number of hydrogen-bond acceptors (Lipinski definition) is 7. The lowest BCUT2D eigenvalue weighted by molar-refractivity contribution is -0.113. The number of anilines is 1. The molecule has 30 heavy (non-hydrogen) atoms. The highest BCUT2D eigenvalue weighted by atomic mass is 32.2. The number of carbonyl (C=O) groups is 2. The van der Waals surface area contributed by atoms with Gasteiger partial charge in [0.05, 0.1) is 30.1 Å². The van der Waals surface area contributed by atoms with Crippen molar-refractivity contribution in [1.29, 1.82) is 0 Å². The van der Waals surface area contributed by atoms with Crippen molar-refractivity contribution in [3.63, 3.8) is 0 Å². The van der Waals surface area contributed by atoms with E-state index < -0.39 is 5.97 Å². The number of nitrogens with one attached hydrogen (secondary N) is 2. The van der Waals surface area contributed by atoms with Gasteiger partial charge >= 0.3 is 5.97 Å². The Morgan fingerprint density at radius 3 is 2.73 bits per heavy atom. The minimum atomic E-state index is -0.430. The number of H-pyrrole nitrogens is 1. The second-order valence-electron chi connectivity index (χ2n) is 6.54. The predicted octanol–water partition coefficient (Wildman–Crippen LogP) is 3.78. The molecule has 8 nitrogen and oxygen atoms in total. The number of aromatic amines is 1. The molecule has 3 rings (SSSR count). The van der Waals surface area contributed by atoms with Gasteiger partial charge in [-0.15, -0.1) is 5.10 Å². The third kappa shape index (κ3) is 5.60. The van der Waals surface area contributed by atoms with E-state index >= 15 is 0 Å². The molecule has 1 heterocycles. The summed E-state index contributed by atoms with van der Waals surface area (Å²) in [7, 11) is 1.59. The fraction of sp³-hybridized carbons (Fsp3) is 0.238. The molecule has 0 unspecified atom stereocenters. The van der Waals surface area contributed by atoms with Crippen LogP contribution < -0.4 is 10.1 Å². The van der Waals surface area contributed by atoms with E-state index in [0.29, 0.717) is 28.0 Å². The first-order valence-corrected chi connectivity index (χ1v) is 10.2. The zero-order valence-corrected chi connectivity index (χ0v) is 17.7. The third-order valence-corrected chi connectivity index (χ3v) is 4.73. The molecule has 0 aliphatic rings. The summed E-state index contributed by atoms with van der Waals surface area (Å²) in [5.41, 5.74) is 1.68. The number of nitrogens with zero attached hydrogens (tertiary/aromatic N) is 2. The van der Waals surface area contributed by atoms with Crippen molar-refractivity contribution >= 4 is 29.3 Å². The van der Waals surface area contributed by atoms with Gasteiger partial charge in [0.25, 0.3) is 0 Å². The molecule has 0 atom stereocenters. The van der Waals surface area contributed by atoms with E-state index in [1.165, 1.54) is 11.8 Å². The largest absolute Gasteiger partial charge is 0.496 e. The molecule has 0 saturated heterocycles. The molecule has 9 heteroatoms. The van der Waals surface area contributed by atoms with Gasteiger partial charge in [-0.05, 0) is 44.2 Å². The Hall–Kier alpha value is -3.33. The van der Waals surface area contributed by atoms with E-state index in [0.717, 1.165) is 5.56 Å². The van der Waals surface area contributed by atoms with Crippen molar-refractivity contribution in [3.05, 3.63) is 54.1 Å². The maximum atomic E-state index is 12.3. The maximum Gasteiger partial charge on any atom is 0.338 e. The Kier molecular flexibility index (Phi) is 7.08. The van der Waals surface area contributed by atoms with Crippen LogP contribution in [-0.2, 0) is 9.53 Å². The van der Waals surface area contributed by atoms with Crippen LogP contribution in [0.3, 0.4) is 0 Å². The number of benzene rings is 2. The average Bonchev–Trinajstić information content (AvgIpc) is 3.21. The zero-order valence-electron chi connectivity index (χ0n) is 16.8. The molecule has 1 amide bonds. The van der Waals surface area contributed by atoms with Crippen LogP contribution in [0.25, 0.3) is 11.4 Å². The third-order valence-electron chi connectivity index (χ3n) is 3.88. The number of methoxy groups -OCH3 is 1. The van der Waals surface area contributed by atoms with E-state index in [4.69, 9.17) is 9.47 Å². The molecular weight excluding hydrogens is 404 g/mol. The average molecular weight is 426 g/mol. The first-order valence-electron chi connectivity index (χ1n) is 9.25. The molecule has 2 N–H and O–H groups in total. The number of aromatic nitrogens is 3. The fourth-order valence-corrected chi connectivity index (χ4v) is 3.20. The zero-order chi connectivity index (χ0) is 21.5. The minimum Gasteiger partial charge on any atom is -0.496 e. The SMILES string of the molecule is COc1ccccc1-c1nc(SCC(=O)Nc2cccc(C(=O)OC(C)C)c2)n[nH]1. The highest BCUT2D eigenvalue weighted by Gasteiger charge is 2.13. The van der Waals surface area contributed by atoms with Gasteiger partial charge < -0.3 is 14.8 Å². The van der Waals surface area contributed by atoms with Crippen LogP contribution in [0.15, 0.2) is 53.7 Å². The van der Waals surface area contributed by atoms with Crippen LogP contribution >= 0.6 is 11.8 Å². The normalized spacial score (nSPS) is 10.7. The fourth-order valence-electron chi connectivity index (χ4n) is 2.60. The van der Waals surface area contributed by atoms with Gasteiger partial charge in [-0.3, -0.25) is 9.89 Å². The van der Waals surface area contributed by atoms with Crippen molar-refractivity contribution in [1.82, 2.24) is 15.2 Å². The number of amides is 1. The lowest BCUT2D eigenvalue weighted by atomic mass is 10.2. The molecule has 0 spiro atoms. The molecule has 0 radical (unpaired) electrons. The molecule has 2 aromatic carbocycles. The van der Waals surface area contributed by atoms with Crippen LogP contribution in [0.5, 0.6) is 5.75 Å². The smallest absolute Gasteiger partial charge is 0.338 e. The summed E-state index contributed by atoms with van der Waals surface area (Å²) in [5, 5.41) is 10.2. The van der Waals surface area contributed by atoms with Gasteiger partial charge in [0, 0.05) is 5.69 Å². The Balaban J connectivity index is 1.58. The number of carbonyl (C=O) groups excluding carboxylic acids is 2. The standard InChI is InChI=1S/C21H22N4O4S/c1-13(2)29-20(27)14-7-6-8-15(11-14)22-18(26)12-30-21-23-19(24-25-21)16-9-4-5-10-17(16)28-3/h4-11,13H,12H2,1-3H3,(H,22,26)(H,23,24,25). The molecule has 0 aliphatic heterocycles. The molecular formula is C21H22N4O4S. The van der Waals surface area contributed by atoms with Crippen LogP contribution in [-0.4, -0.2) is 46.0 Å². The van der Waals surface area contributed by atoms with Crippen LogP contribution in [0, 0.1) is 0 Å². The summed E-state index contributed by atoms with van der Waals surface area (Å²) in [5.74, 6) is 0.688. The number of esters is 1. The Labute approximate surface area is 178 Å². The van der Waals surface area contributed by atoms with Crippen molar-refractivity contribution < 1.29 is 19.1 Å². The van der Waals surface area contributed by atoms with Crippen molar-refractivity contribution in [2.75, 3.05) is 18.2 Å². The molecule has 156 valence electrons. The monoisotopic (exact) mass is 426 g/mol. The van der Waals surface area contributed by atoms with E-state index in [-0.39, 0.29) is 17.8 Å². The second-order valence-corrected chi connectivity index (χ2v) is 7.48. The topological polar surface area (TPSA) is 106 Å². The maximum absolute atomic E-state index is 12.3. The highest BCUT2D eigenvalue weighted by Crippen LogP contribution is 2.28. The summed E-state index contributed by atoms with van der Waals surface area (Å²) in [4.78, 5) is 28.7. The van der Waals surface area contributed by atoms with Crippen LogP contribution in [0.1, 0.15) is 24.2 Å². The van der Waals surface area contributed by atoms with Crippen LogP contribution in [0.4, 0.5) is 5.69 Å². The molecule has 3 aromatic rings.